The summed E-state index contributed by atoms with van der Waals surface area (Å²) in [6, 6.07) is 0. The van der Waals surface area contributed by atoms with Crippen LogP contribution in [0.25, 0.3) is 0 Å². The van der Waals surface area contributed by atoms with Crippen molar-refractivity contribution >= 4 is 0 Å². The maximum atomic E-state index is 9.19. The van der Waals surface area contributed by atoms with Crippen molar-refractivity contribution in [3.8, 4) is 0 Å². The van der Waals surface area contributed by atoms with Gasteiger partial charge in [-0.3, -0.25) is 0 Å². The van der Waals surface area contributed by atoms with Crippen LogP contribution in [0.3, 0.4) is 0 Å². The van der Waals surface area contributed by atoms with Gasteiger partial charge in [-0.2, -0.15) is 0 Å². The van der Waals surface area contributed by atoms with E-state index in [0.29, 0.717) is 6.61 Å². The second-order valence-corrected chi connectivity index (χ2v) is 1.18. The first-order chi connectivity index (χ1) is 2.91. The number of hydrogen-bond donors (Lipinski definition) is 0. The Morgan fingerprint density at radius 1 is 1.57 bits per heavy atom. The molecule has 0 amide bonds. The summed E-state index contributed by atoms with van der Waals surface area (Å²) in [5, 5.41) is 9.19. The third kappa shape index (κ3) is 10.9. The van der Waals surface area contributed by atoms with Gasteiger partial charge in [-0.05, 0) is 6.42 Å². The summed E-state index contributed by atoms with van der Waals surface area (Å²) >= 11 is 0. The molecule has 38 valence electrons. The molecule has 0 spiro atoms. The predicted octanol–water partition coefficient (Wildman–Crippen LogP) is -2.92. The van der Waals surface area contributed by atoms with E-state index in [2.05, 4.69) is 4.89 Å². The van der Waals surface area contributed by atoms with E-state index in [1.54, 1.807) is 0 Å². The SMILES string of the molecule is CCCCO[O-].[Na+]. The molecular formula is C4H9NaO2. The van der Waals surface area contributed by atoms with Crippen LogP contribution in [0.4, 0.5) is 0 Å². The molecule has 0 fully saturated rings. The van der Waals surface area contributed by atoms with Gasteiger partial charge >= 0.3 is 29.6 Å². The molecule has 0 atom stereocenters. The first-order valence-electron chi connectivity index (χ1n) is 2.16. The molecule has 3 heteroatoms. The molecule has 0 N–H and O–H groups in total. The second kappa shape index (κ2) is 10.0. The van der Waals surface area contributed by atoms with Gasteiger partial charge in [-0.25, -0.2) is 0 Å². The largest absolute Gasteiger partial charge is 1.00 e. The summed E-state index contributed by atoms with van der Waals surface area (Å²) in [5.74, 6) is 0. The monoisotopic (exact) mass is 112 g/mol. The smallest absolute Gasteiger partial charge is 0.723 e. The maximum absolute atomic E-state index is 9.19. The molecule has 0 aliphatic carbocycles. The molecular weight excluding hydrogens is 103 g/mol. The third-order valence-electron chi connectivity index (χ3n) is 0.581. The van der Waals surface area contributed by atoms with Crippen LogP contribution in [0.2, 0.25) is 0 Å². The van der Waals surface area contributed by atoms with Crippen molar-refractivity contribution in [3.05, 3.63) is 0 Å². The van der Waals surface area contributed by atoms with Crippen molar-refractivity contribution in [2.75, 3.05) is 6.61 Å². The van der Waals surface area contributed by atoms with Crippen molar-refractivity contribution in [3.63, 3.8) is 0 Å². The van der Waals surface area contributed by atoms with Crippen molar-refractivity contribution < 1.29 is 39.7 Å². The van der Waals surface area contributed by atoms with Gasteiger partial charge < -0.3 is 10.1 Å². The van der Waals surface area contributed by atoms with E-state index in [9.17, 15) is 5.26 Å². The fraction of sp³-hybridized carbons (Fsp3) is 1.00. The fourth-order valence-electron chi connectivity index (χ4n) is 0.203. The standard InChI is InChI=1S/C4H10O2.Na/c1-2-3-4-6-5;/h5H,2-4H2,1H3;/q;+1/p-1. The Kier molecular flexibility index (Phi) is 15.5. The summed E-state index contributed by atoms with van der Waals surface area (Å²) in [7, 11) is 0. The average molecular weight is 112 g/mol. The van der Waals surface area contributed by atoms with Gasteiger partial charge in [0.05, 0.1) is 0 Å². The summed E-state index contributed by atoms with van der Waals surface area (Å²) in [6.45, 7) is 2.37. The van der Waals surface area contributed by atoms with E-state index < -0.39 is 0 Å². The molecule has 0 rings (SSSR count). The van der Waals surface area contributed by atoms with Crippen LogP contribution in [0, 0.1) is 0 Å². The molecule has 0 unspecified atom stereocenters. The molecule has 0 aliphatic rings. The zero-order chi connectivity index (χ0) is 4.83. The number of rotatable bonds is 3. The Morgan fingerprint density at radius 3 is 2.29 bits per heavy atom. The average Bonchev–Trinajstić information content (AvgIpc) is 1.61. The minimum absolute atomic E-state index is 0. The Hall–Kier alpha value is 0.920. The van der Waals surface area contributed by atoms with Crippen LogP contribution < -0.4 is 34.8 Å². The molecule has 0 heterocycles. The van der Waals surface area contributed by atoms with E-state index in [-0.39, 0.29) is 29.6 Å². The molecule has 0 bridgehead atoms. The minimum atomic E-state index is 0. The van der Waals surface area contributed by atoms with Gasteiger partial charge in [-0.15, -0.1) is 0 Å². The minimum Gasteiger partial charge on any atom is -0.723 e. The predicted molar refractivity (Wildman–Crippen MR) is 20.9 cm³/mol. The Morgan fingerprint density at radius 2 is 2.14 bits per heavy atom. The second-order valence-electron chi connectivity index (χ2n) is 1.18. The van der Waals surface area contributed by atoms with Gasteiger partial charge in [0, 0.05) is 6.61 Å². The molecule has 0 aromatic carbocycles. The van der Waals surface area contributed by atoms with E-state index in [1.165, 1.54) is 0 Å². The maximum Gasteiger partial charge on any atom is 1.00 e. The van der Waals surface area contributed by atoms with Crippen LogP contribution in [0.1, 0.15) is 19.8 Å². The summed E-state index contributed by atoms with van der Waals surface area (Å²) in [5.41, 5.74) is 0. The Labute approximate surface area is 66.1 Å². The third-order valence-corrected chi connectivity index (χ3v) is 0.581. The van der Waals surface area contributed by atoms with Crippen LogP contribution in [-0.4, -0.2) is 6.61 Å². The zero-order valence-electron chi connectivity index (χ0n) is 4.94. The van der Waals surface area contributed by atoms with Crippen molar-refractivity contribution in [1.82, 2.24) is 0 Å². The fourth-order valence-corrected chi connectivity index (χ4v) is 0.203. The van der Waals surface area contributed by atoms with Crippen LogP contribution in [-0.2, 0) is 4.89 Å². The van der Waals surface area contributed by atoms with Gasteiger partial charge in [0.15, 0.2) is 0 Å². The molecule has 7 heavy (non-hydrogen) atoms. The Balaban J connectivity index is 0. The van der Waals surface area contributed by atoms with Crippen LogP contribution in [0.5, 0.6) is 0 Å². The Bertz CT molecular complexity index is 21.7. The van der Waals surface area contributed by atoms with Gasteiger partial charge in [0.2, 0.25) is 0 Å². The van der Waals surface area contributed by atoms with E-state index >= 15 is 0 Å². The molecule has 0 aromatic rings. The zero-order valence-corrected chi connectivity index (χ0v) is 6.94. The van der Waals surface area contributed by atoms with Gasteiger partial charge in [0.25, 0.3) is 0 Å². The molecule has 0 aromatic heterocycles. The first kappa shape index (κ1) is 10.8. The number of unbranched alkanes of at least 4 members (excludes halogenated alkanes) is 1. The molecule has 0 saturated carbocycles. The van der Waals surface area contributed by atoms with Gasteiger partial charge in [-0.1, -0.05) is 13.3 Å². The molecule has 0 saturated heterocycles. The van der Waals surface area contributed by atoms with Gasteiger partial charge in [0.1, 0.15) is 0 Å². The van der Waals surface area contributed by atoms with Crippen molar-refractivity contribution in [2.24, 2.45) is 0 Å². The molecule has 0 aliphatic heterocycles. The topological polar surface area (TPSA) is 32.3 Å². The quantitative estimate of drug-likeness (QED) is 0.169. The van der Waals surface area contributed by atoms with E-state index in [0.717, 1.165) is 12.8 Å². The number of hydrogen-bond acceptors (Lipinski definition) is 2. The molecule has 2 nitrogen and oxygen atoms in total. The first-order valence-corrected chi connectivity index (χ1v) is 2.16. The summed E-state index contributed by atoms with van der Waals surface area (Å²) in [4.78, 5) is 3.53. The molecule has 0 radical (unpaired) electrons. The van der Waals surface area contributed by atoms with Crippen LogP contribution >= 0.6 is 0 Å². The summed E-state index contributed by atoms with van der Waals surface area (Å²) in [6.07, 6.45) is 1.91. The summed E-state index contributed by atoms with van der Waals surface area (Å²) < 4.78 is 0. The van der Waals surface area contributed by atoms with Crippen LogP contribution in [0.15, 0.2) is 0 Å². The van der Waals surface area contributed by atoms with E-state index in [1.807, 2.05) is 6.92 Å². The van der Waals surface area contributed by atoms with E-state index in [4.69, 9.17) is 0 Å². The van der Waals surface area contributed by atoms with Crippen molar-refractivity contribution in [1.29, 1.82) is 0 Å². The van der Waals surface area contributed by atoms with Crippen molar-refractivity contribution in [2.45, 2.75) is 19.8 Å². The normalized spacial score (nSPS) is 7.71.